The summed E-state index contributed by atoms with van der Waals surface area (Å²) in [5, 5.41) is 4.22. The minimum atomic E-state index is -0.247. The van der Waals surface area contributed by atoms with Crippen LogP contribution in [0.3, 0.4) is 0 Å². The lowest BCUT2D eigenvalue weighted by molar-refractivity contribution is 0.0954. The predicted octanol–water partition coefficient (Wildman–Crippen LogP) is 3.73. The smallest absolute Gasteiger partial charge is 0.267 e. The summed E-state index contributed by atoms with van der Waals surface area (Å²) in [7, 11) is 0. The summed E-state index contributed by atoms with van der Waals surface area (Å²) >= 11 is 7.39. The van der Waals surface area contributed by atoms with Crippen molar-refractivity contribution < 1.29 is 4.79 Å². The van der Waals surface area contributed by atoms with Gasteiger partial charge in [-0.1, -0.05) is 24.9 Å². The Labute approximate surface area is 126 Å². The molecule has 0 bridgehead atoms. The van der Waals surface area contributed by atoms with Gasteiger partial charge in [0.1, 0.15) is 0 Å². The van der Waals surface area contributed by atoms with Crippen LogP contribution < -0.4 is 5.43 Å². The molecule has 104 valence electrons. The van der Waals surface area contributed by atoms with Crippen LogP contribution in [0, 0.1) is 0 Å². The second-order valence-corrected chi connectivity index (χ2v) is 5.80. The lowest BCUT2D eigenvalue weighted by Gasteiger charge is -2.04. The first-order valence-corrected chi connectivity index (χ1v) is 7.42. The fourth-order valence-electron chi connectivity index (χ4n) is 1.63. The maximum atomic E-state index is 11.9. The van der Waals surface area contributed by atoms with Gasteiger partial charge in [0.25, 0.3) is 5.91 Å². The van der Waals surface area contributed by atoms with Crippen LogP contribution in [0.25, 0.3) is 0 Å². The van der Waals surface area contributed by atoms with Gasteiger partial charge >= 0.3 is 0 Å². The molecule has 0 fully saturated rings. The zero-order chi connectivity index (χ0) is 14.4. The van der Waals surface area contributed by atoms with Crippen molar-refractivity contribution in [3.8, 4) is 0 Å². The summed E-state index contributed by atoms with van der Waals surface area (Å²) < 4.78 is 0.712. The third-order valence-electron chi connectivity index (χ3n) is 2.58. The van der Waals surface area contributed by atoms with Crippen molar-refractivity contribution in [1.82, 2.24) is 10.4 Å². The second kappa shape index (κ2) is 7.17. The molecular weight excluding hydrogens is 294 g/mol. The fourth-order valence-corrected chi connectivity index (χ4v) is 2.69. The molecule has 4 nitrogen and oxygen atoms in total. The number of hydrogen-bond acceptors (Lipinski definition) is 4. The molecule has 2 rings (SSSR count). The van der Waals surface area contributed by atoms with E-state index in [1.807, 2.05) is 12.1 Å². The van der Waals surface area contributed by atoms with Crippen molar-refractivity contribution in [3.05, 3.63) is 51.4 Å². The lowest BCUT2D eigenvalue weighted by atomic mass is 10.2. The number of amides is 1. The van der Waals surface area contributed by atoms with E-state index in [4.69, 9.17) is 11.6 Å². The minimum Gasteiger partial charge on any atom is -0.267 e. The van der Waals surface area contributed by atoms with Gasteiger partial charge in [-0.15, -0.1) is 11.3 Å². The number of carbonyl (C=O) groups is 1. The van der Waals surface area contributed by atoms with Gasteiger partial charge in [-0.05, 0) is 30.7 Å². The molecule has 1 amide bonds. The van der Waals surface area contributed by atoms with E-state index in [1.165, 1.54) is 11.3 Å². The Bertz CT molecular complexity index is 610. The van der Waals surface area contributed by atoms with Crippen LogP contribution in [-0.2, 0) is 0 Å². The number of aromatic nitrogens is 1. The number of halogens is 1. The molecule has 2 aromatic heterocycles. The highest BCUT2D eigenvalue weighted by Crippen LogP contribution is 2.23. The monoisotopic (exact) mass is 307 g/mol. The fraction of sp³-hybridized carbons (Fsp3) is 0.214. The average molecular weight is 308 g/mol. The van der Waals surface area contributed by atoms with Crippen molar-refractivity contribution in [2.75, 3.05) is 0 Å². The van der Waals surface area contributed by atoms with Gasteiger partial charge < -0.3 is 0 Å². The highest BCUT2D eigenvalue weighted by Gasteiger charge is 2.08. The van der Waals surface area contributed by atoms with E-state index in [-0.39, 0.29) is 5.91 Å². The van der Waals surface area contributed by atoms with Crippen LogP contribution >= 0.6 is 22.9 Å². The summed E-state index contributed by atoms with van der Waals surface area (Å²) in [6.45, 7) is 2.06. The Hall–Kier alpha value is -1.72. The Morgan fingerprint density at radius 1 is 1.35 bits per heavy atom. The molecule has 0 spiro atoms. The molecule has 0 unspecified atom stereocenters. The summed E-state index contributed by atoms with van der Waals surface area (Å²) in [6, 6.07) is 7.04. The number of pyridine rings is 1. The topological polar surface area (TPSA) is 54.4 Å². The van der Waals surface area contributed by atoms with Crippen molar-refractivity contribution in [1.29, 1.82) is 0 Å². The quantitative estimate of drug-likeness (QED) is 0.676. The molecule has 0 aliphatic carbocycles. The third-order valence-corrected chi connectivity index (χ3v) is 3.86. The molecule has 0 saturated heterocycles. The molecule has 0 saturated carbocycles. The summed E-state index contributed by atoms with van der Waals surface area (Å²) in [4.78, 5) is 16.8. The first kappa shape index (κ1) is 14.7. The minimum absolute atomic E-state index is 0.247. The molecule has 20 heavy (non-hydrogen) atoms. The number of rotatable bonds is 5. The Balaban J connectivity index is 2.12. The van der Waals surface area contributed by atoms with Crippen molar-refractivity contribution in [2.24, 2.45) is 5.10 Å². The molecule has 0 radical (unpaired) electrons. The van der Waals surface area contributed by atoms with Crippen molar-refractivity contribution in [3.63, 3.8) is 0 Å². The standard InChI is InChI=1S/C14H14ClN3OS/c1-2-3-11(12-4-5-13(15)20-12)17-18-14(19)10-6-8-16-9-7-10/h4-9H,2-3H2,1H3,(H,18,19)/b17-11-. The number of thiophene rings is 1. The van der Waals surface area contributed by atoms with E-state index >= 15 is 0 Å². The molecule has 1 N–H and O–H groups in total. The van der Waals surface area contributed by atoms with Gasteiger partial charge in [0, 0.05) is 18.0 Å². The molecule has 0 aliphatic rings. The van der Waals surface area contributed by atoms with Gasteiger partial charge in [-0.25, -0.2) is 5.43 Å². The van der Waals surface area contributed by atoms with Crippen LogP contribution in [-0.4, -0.2) is 16.6 Å². The van der Waals surface area contributed by atoms with Crippen LogP contribution in [0.1, 0.15) is 35.0 Å². The molecule has 2 heterocycles. The van der Waals surface area contributed by atoms with E-state index < -0.39 is 0 Å². The summed E-state index contributed by atoms with van der Waals surface area (Å²) in [6.07, 6.45) is 4.88. The number of hydrogen-bond donors (Lipinski definition) is 1. The van der Waals surface area contributed by atoms with E-state index in [9.17, 15) is 4.79 Å². The van der Waals surface area contributed by atoms with Gasteiger partial charge in [0.05, 0.1) is 14.9 Å². The maximum Gasteiger partial charge on any atom is 0.271 e. The summed E-state index contributed by atoms with van der Waals surface area (Å²) in [5.74, 6) is -0.247. The van der Waals surface area contributed by atoms with Crippen molar-refractivity contribution >= 4 is 34.6 Å². The number of nitrogens with one attached hydrogen (secondary N) is 1. The second-order valence-electron chi connectivity index (χ2n) is 4.09. The van der Waals surface area contributed by atoms with Gasteiger partial charge in [-0.3, -0.25) is 9.78 Å². The molecule has 2 aromatic rings. The third kappa shape index (κ3) is 3.88. The molecular formula is C14H14ClN3OS. The lowest BCUT2D eigenvalue weighted by Crippen LogP contribution is -2.19. The maximum absolute atomic E-state index is 11.9. The van der Waals surface area contributed by atoms with Crippen LogP contribution in [0.2, 0.25) is 4.34 Å². The van der Waals surface area contributed by atoms with Crippen LogP contribution in [0.5, 0.6) is 0 Å². The van der Waals surface area contributed by atoms with E-state index in [2.05, 4.69) is 22.4 Å². The highest BCUT2D eigenvalue weighted by atomic mass is 35.5. The molecule has 0 aliphatic heterocycles. The average Bonchev–Trinajstić information content (AvgIpc) is 2.90. The van der Waals surface area contributed by atoms with E-state index in [1.54, 1.807) is 24.5 Å². The van der Waals surface area contributed by atoms with E-state index in [0.717, 1.165) is 23.4 Å². The van der Waals surface area contributed by atoms with Crippen LogP contribution in [0.4, 0.5) is 0 Å². The van der Waals surface area contributed by atoms with E-state index in [0.29, 0.717) is 9.90 Å². The first-order chi connectivity index (χ1) is 9.70. The summed E-state index contributed by atoms with van der Waals surface area (Å²) in [5.41, 5.74) is 3.95. The van der Waals surface area contributed by atoms with Crippen LogP contribution in [0.15, 0.2) is 41.8 Å². The first-order valence-electron chi connectivity index (χ1n) is 6.23. The number of hydrazone groups is 1. The Morgan fingerprint density at radius 3 is 2.70 bits per heavy atom. The van der Waals surface area contributed by atoms with Crippen molar-refractivity contribution in [2.45, 2.75) is 19.8 Å². The normalized spacial score (nSPS) is 11.4. The molecule has 0 atom stereocenters. The van der Waals surface area contributed by atoms with Gasteiger partial charge in [0.2, 0.25) is 0 Å². The molecule has 6 heteroatoms. The highest BCUT2D eigenvalue weighted by molar-refractivity contribution is 7.18. The van der Waals surface area contributed by atoms with Gasteiger partial charge in [0.15, 0.2) is 0 Å². The number of nitrogens with zero attached hydrogens (tertiary/aromatic N) is 2. The zero-order valence-electron chi connectivity index (χ0n) is 11.0. The van der Waals surface area contributed by atoms with Gasteiger partial charge in [-0.2, -0.15) is 5.10 Å². The molecule has 0 aromatic carbocycles. The Kier molecular flexibility index (Phi) is 5.26. The number of carbonyl (C=O) groups excluding carboxylic acids is 1. The zero-order valence-corrected chi connectivity index (χ0v) is 12.5. The largest absolute Gasteiger partial charge is 0.271 e. The predicted molar refractivity (Wildman–Crippen MR) is 82.5 cm³/mol. The Morgan fingerprint density at radius 2 is 2.10 bits per heavy atom. The SMILES string of the molecule is CCC/C(=N/NC(=O)c1ccncc1)c1ccc(Cl)s1.